The highest BCUT2D eigenvalue weighted by molar-refractivity contribution is 7.92. The number of nitrogens with one attached hydrogen (secondary N) is 1. The van der Waals surface area contributed by atoms with Gasteiger partial charge in [0.05, 0.1) is 11.9 Å². The van der Waals surface area contributed by atoms with Gasteiger partial charge in [0.25, 0.3) is 0 Å². The van der Waals surface area contributed by atoms with E-state index in [1.165, 1.54) is 4.90 Å². The summed E-state index contributed by atoms with van der Waals surface area (Å²) in [5.74, 6) is -0.839. The summed E-state index contributed by atoms with van der Waals surface area (Å²) in [5, 5.41) is 3.16. The smallest absolute Gasteiger partial charge is 0.244 e. The van der Waals surface area contributed by atoms with Crippen LogP contribution in [0.1, 0.15) is 25.0 Å². The van der Waals surface area contributed by atoms with Gasteiger partial charge < -0.3 is 10.2 Å². The first-order chi connectivity index (χ1) is 14.5. The van der Waals surface area contributed by atoms with E-state index in [2.05, 4.69) is 5.32 Å². The Morgan fingerprint density at radius 3 is 2.26 bits per heavy atom. The van der Waals surface area contributed by atoms with Gasteiger partial charge >= 0.3 is 0 Å². The minimum absolute atomic E-state index is 0.0717. The van der Waals surface area contributed by atoms with E-state index in [-0.39, 0.29) is 12.5 Å². The summed E-state index contributed by atoms with van der Waals surface area (Å²) in [6.45, 7) is 5.33. The fourth-order valence-corrected chi connectivity index (χ4v) is 4.08. The van der Waals surface area contributed by atoms with E-state index in [1.807, 2.05) is 6.92 Å². The van der Waals surface area contributed by atoms with Crippen molar-refractivity contribution in [3.05, 3.63) is 64.7 Å². The number of hydrogen-bond acceptors (Lipinski definition) is 4. The molecule has 1 N–H and O–H groups in total. The highest BCUT2D eigenvalue weighted by Crippen LogP contribution is 2.21. The molecule has 31 heavy (non-hydrogen) atoms. The van der Waals surface area contributed by atoms with Crippen LogP contribution in [0.5, 0.6) is 0 Å². The van der Waals surface area contributed by atoms with E-state index in [0.717, 1.165) is 16.1 Å². The number of carbonyl (C=O) groups is 2. The van der Waals surface area contributed by atoms with Crippen LogP contribution in [0.4, 0.5) is 5.69 Å². The number of amides is 2. The van der Waals surface area contributed by atoms with Gasteiger partial charge in [-0.05, 0) is 44.5 Å². The maximum atomic E-state index is 13.3. The normalized spacial score (nSPS) is 12.2. The fraction of sp³-hybridized carbons (Fsp3) is 0.364. The minimum Gasteiger partial charge on any atom is -0.355 e. The molecular weight excluding hydrogens is 438 g/mol. The first-order valence-electron chi connectivity index (χ1n) is 9.89. The van der Waals surface area contributed by atoms with Gasteiger partial charge in [0.1, 0.15) is 12.6 Å². The van der Waals surface area contributed by atoms with E-state index >= 15 is 0 Å². The molecular formula is C22H28ClN3O4S. The summed E-state index contributed by atoms with van der Waals surface area (Å²) >= 11 is 6.26. The van der Waals surface area contributed by atoms with Crippen molar-refractivity contribution in [2.24, 2.45) is 0 Å². The van der Waals surface area contributed by atoms with Crippen molar-refractivity contribution in [2.75, 3.05) is 23.7 Å². The molecule has 0 radical (unpaired) electrons. The number of anilines is 1. The molecule has 0 aliphatic carbocycles. The van der Waals surface area contributed by atoms with Gasteiger partial charge in [0.15, 0.2) is 0 Å². The number of sulfonamides is 1. The Labute approximate surface area is 189 Å². The molecule has 0 saturated heterocycles. The molecule has 2 aromatic rings. The second kappa shape index (κ2) is 10.6. The van der Waals surface area contributed by atoms with Crippen molar-refractivity contribution in [2.45, 2.75) is 33.4 Å². The molecule has 1 atom stereocenters. The van der Waals surface area contributed by atoms with Crippen molar-refractivity contribution in [1.29, 1.82) is 0 Å². The average molecular weight is 466 g/mol. The minimum atomic E-state index is -3.74. The second-order valence-electron chi connectivity index (χ2n) is 7.29. The van der Waals surface area contributed by atoms with Crippen molar-refractivity contribution in [1.82, 2.24) is 10.2 Å². The van der Waals surface area contributed by atoms with Crippen molar-refractivity contribution in [3.63, 3.8) is 0 Å². The molecule has 0 aliphatic rings. The molecule has 0 unspecified atom stereocenters. The Balaban J connectivity index is 2.38. The van der Waals surface area contributed by atoms with Crippen LogP contribution in [-0.4, -0.2) is 50.5 Å². The van der Waals surface area contributed by atoms with Crippen molar-refractivity contribution >= 4 is 39.1 Å². The molecule has 9 heteroatoms. The SMILES string of the molecule is CCNC(=O)[C@H](C)N(Cc1ccccc1Cl)C(=O)CN(c1ccc(C)cc1)S(C)(=O)=O. The molecule has 168 valence electrons. The lowest BCUT2D eigenvalue weighted by molar-refractivity contribution is -0.139. The second-order valence-corrected chi connectivity index (χ2v) is 9.60. The van der Waals surface area contributed by atoms with E-state index in [4.69, 9.17) is 11.6 Å². The molecule has 0 fully saturated rings. The Bertz CT molecular complexity index is 1030. The maximum absolute atomic E-state index is 13.3. The number of nitrogens with zero attached hydrogens (tertiary/aromatic N) is 2. The van der Waals surface area contributed by atoms with Crippen molar-refractivity contribution < 1.29 is 18.0 Å². The molecule has 0 aromatic heterocycles. The van der Waals surface area contributed by atoms with E-state index in [1.54, 1.807) is 62.4 Å². The van der Waals surface area contributed by atoms with E-state index < -0.39 is 28.5 Å². The monoisotopic (exact) mass is 465 g/mol. The number of aryl methyl sites for hydroxylation is 1. The summed E-state index contributed by atoms with van der Waals surface area (Å²) in [5.41, 5.74) is 2.01. The van der Waals surface area contributed by atoms with Crippen LogP contribution in [0.25, 0.3) is 0 Å². The molecule has 0 spiro atoms. The van der Waals surface area contributed by atoms with Crippen LogP contribution in [0, 0.1) is 6.92 Å². The number of rotatable bonds is 9. The largest absolute Gasteiger partial charge is 0.355 e. The molecule has 0 heterocycles. The number of benzene rings is 2. The third-order valence-electron chi connectivity index (χ3n) is 4.82. The molecule has 2 amide bonds. The van der Waals surface area contributed by atoms with E-state index in [0.29, 0.717) is 22.8 Å². The first-order valence-corrected chi connectivity index (χ1v) is 12.1. The summed E-state index contributed by atoms with van der Waals surface area (Å²) in [6.07, 6.45) is 1.05. The number of hydrogen-bond donors (Lipinski definition) is 1. The van der Waals surface area contributed by atoms with Crippen LogP contribution < -0.4 is 9.62 Å². The Morgan fingerprint density at radius 2 is 1.71 bits per heavy atom. The molecule has 7 nitrogen and oxygen atoms in total. The number of carbonyl (C=O) groups excluding carboxylic acids is 2. The van der Waals surface area contributed by atoms with Gasteiger partial charge in [-0.15, -0.1) is 0 Å². The number of halogens is 1. The average Bonchev–Trinajstić information content (AvgIpc) is 2.71. The molecule has 0 saturated carbocycles. The van der Waals surface area contributed by atoms with Gasteiger partial charge in [0, 0.05) is 18.1 Å². The summed E-state index contributed by atoms with van der Waals surface area (Å²) in [6, 6.07) is 13.1. The summed E-state index contributed by atoms with van der Waals surface area (Å²) in [4.78, 5) is 27.1. The van der Waals surface area contributed by atoms with Crippen LogP contribution >= 0.6 is 11.6 Å². The van der Waals surface area contributed by atoms with E-state index in [9.17, 15) is 18.0 Å². The Hall–Kier alpha value is -2.58. The third-order valence-corrected chi connectivity index (χ3v) is 6.33. The van der Waals surface area contributed by atoms with Crippen LogP contribution in [0.3, 0.4) is 0 Å². The van der Waals surface area contributed by atoms with Gasteiger partial charge in [-0.3, -0.25) is 13.9 Å². The predicted octanol–water partition coefficient (Wildman–Crippen LogP) is 2.97. The molecule has 2 rings (SSSR count). The third kappa shape index (κ3) is 6.70. The summed E-state index contributed by atoms with van der Waals surface area (Å²) < 4.78 is 25.9. The first kappa shape index (κ1) is 24.7. The van der Waals surface area contributed by atoms with Gasteiger partial charge in [0.2, 0.25) is 21.8 Å². The lowest BCUT2D eigenvalue weighted by Crippen LogP contribution is -2.51. The maximum Gasteiger partial charge on any atom is 0.244 e. The van der Waals surface area contributed by atoms with Gasteiger partial charge in [-0.2, -0.15) is 0 Å². The topological polar surface area (TPSA) is 86.8 Å². The van der Waals surface area contributed by atoms with Crippen LogP contribution in [-0.2, 0) is 26.2 Å². The Morgan fingerprint density at radius 1 is 1.10 bits per heavy atom. The highest BCUT2D eigenvalue weighted by atomic mass is 35.5. The van der Waals surface area contributed by atoms with Crippen LogP contribution in [0.2, 0.25) is 5.02 Å². The zero-order chi connectivity index (χ0) is 23.2. The lowest BCUT2D eigenvalue weighted by Gasteiger charge is -2.31. The standard InChI is InChI=1S/C22H28ClN3O4S/c1-5-24-22(28)17(3)25(14-18-8-6-7-9-20(18)23)21(27)15-26(31(4,29)30)19-12-10-16(2)11-13-19/h6-13,17H,5,14-15H2,1-4H3,(H,24,28)/t17-/m0/s1. The molecule has 0 aliphatic heterocycles. The Kier molecular flexibility index (Phi) is 8.47. The zero-order valence-electron chi connectivity index (χ0n) is 18.1. The zero-order valence-corrected chi connectivity index (χ0v) is 19.7. The molecule has 0 bridgehead atoms. The molecule has 2 aromatic carbocycles. The highest BCUT2D eigenvalue weighted by Gasteiger charge is 2.30. The summed E-state index contributed by atoms with van der Waals surface area (Å²) in [7, 11) is -3.74. The van der Waals surface area contributed by atoms with Gasteiger partial charge in [-0.1, -0.05) is 47.5 Å². The van der Waals surface area contributed by atoms with Crippen LogP contribution in [0.15, 0.2) is 48.5 Å². The van der Waals surface area contributed by atoms with Crippen molar-refractivity contribution in [3.8, 4) is 0 Å². The van der Waals surface area contributed by atoms with Gasteiger partial charge in [-0.25, -0.2) is 8.42 Å². The fourth-order valence-electron chi connectivity index (χ4n) is 3.04. The quantitative estimate of drug-likeness (QED) is 0.616. The number of likely N-dealkylation sites (N-methyl/N-ethyl adjacent to an activating group) is 1. The predicted molar refractivity (Wildman–Crippen MR) is 124 cm³/mol. The lowest BCUT2D eigenvalue weighted by atomic mass is 10.1.